The number of sulfonamides is 1. The fraction of sp³-hybridized carbons (Fsp3) is 0.909. The van der Waals surface area contributed by atoms with E-state index in [1.807, 2.05) is 7.05 Å². The van der Waals surface area contributed by atoms with Crippen molar-refractivity contribution < 1.29 is 13.2 Å². The van der Waals surface area contributed by atoms with E-state index in [9.17, 15) is 13.2 Å². The molecule has 0 aromatic heterocycles. The molecule has 1 amide bonds. The number of piperidine rings is 1. The number of hydrogen-bond acceptors (Lipinski definition) is 4. The third kappa shape index (κ3) is 4.22. The van der Waals surface area contributed by atoms with Crippen LogP contribution in [-0.2, 0) is 14.8 Å². The molecule has 1 aliphatic rings. The van der Waals surface area contributed by atoms with Crippen molar-refractivity contribution in [2.24, 2.45) is 0 Å². The van der Waals surface area contributed by atoms with Crippen LogP contribution in [0.4, 0.5) is 0 Å². The number of nitrogens with one attached hydrogen (secondary N) is 2. The van der Waals surface area contributed by atoms with E-state index in [2.05, 4.69) is 10.0 Å². The Balaban J connectivity index is 2.73. The highest BCUT2D eigenvalue weighted by Crippen LogP contribution is 2.16. The van der Waals surface area contributed by atoms with Crippen LogP contribution in [0.3, 0.4) is 0 Å². The van der Waals surface area contributed by atoms with Crippen LogP contribution < -0.4 is 10.0 Å². The monoisotopic (exact) mass is 277 g/mol. The van der Waals surface area contributed by atoms with Gasteiger partial charge in [0.25, 0.3) is 0 Å². The summed E-state index contributed by atoms with van der Waals surface area (Å²) in [6, 6.07) is 0.289. The van der Waals surface area contributed by atoms with Crippen LogP contribution in [0.1, 0.15) is 26.7 Å². The number of carbonyl (C=O) groups is 1. The van der Waals surface area contributed by atoms with E-state index in [0.29, 0.717) is 13.1 Å². The third-order valence-electron chi connectivity index (χ3n) is 3.09. The Morgan fingerprint density at radius 3 is 2.50 bits per heavy atom. The Labute approximate surface area is 109 Å². The highest BCUT2D eigenvalue weighted by Gasteiger charge is 2.36. The normalized spacial score (nSPS) is 22.0. The maximum absolute atomic E-state index is 12.3. The molecular formula is C11H23N3O3S. The molecule has 1 rings (SSSR count). The molecule has 1 fully saturated rings. The first-order chi connectivity index (χ1) is 8.15. The minimum atomic E-state index is -3.40. The lowest BCUT2D eigenvalue weighted by molar-refractivity contribution is -0.137. The molecule has 2 N–H and O–H groups in total. The maximum Gasteiger partial charge on any atom is 0.243 e. The second-order valence-electron chi connectivity index (χ2n) is 5.38. The molecule has 0 aromatic rings. The molecule has 7 heteroatoms. The molecule has 0 aromatic carbocycles. The van der Waals surface area contributed by atoms with Crippen LogP contribution in [0.25, 0.3) is 0 Å². The first kappa shape index (κ1) is 15.4. The summed E-state index contributed by atoms with van der Waals surface area (Å²) >= 11 is 0. The van der Waals surface area contributed by atoms with Crippen LogP contribution in [0.2, 0.25) is 0 Å². The van der Waals surface area contributed by atoms with Gasteiger partial charge in [-0.1, -0.05) is 0 Å². The second-order valence-corrected chi connectivity index (χ2v) is 7.13. The van der Waals surface area contributed by atoms with Crippen molar-refractivity contribution in [2.45, 2.75) is 38.3 Å². The Kier molecular flexibility index (Phi) is 4.74. The number of carbonyl (C=O) groups excluding carboxylic acids is 1. The fourth-order valence-corrected chi connectivity index (χ4v) is 3.31. The number of likely N-dealkylation sites (tertiary alicyclic amines) is 1. The topological polar surface area (TPSA) is 78.5 Å². The van der Waals surface area contributed by atoms with Crippen molar-refractivity contribution in [3.63, 3.8) is 0 Å². The predicted octanol–water partition coefficient (Wildman–Crippen LogP) is -0.475. The summed E-state index contributed by atoms with van der Waals surface area (Å²) in [4.78, 5) is 14.1. The van der Waals surface area contributed by atoms with Crippen LogP contribution in [-0.4, -0.2) is 57.2 Å². The van der Waals surface area contributed by atoms with Crippen LogP contribution in [0.15, 0.2) is 0 Å². The molecule has 0 radical (unpaired) electrons. The lowest BCUT2D eigenvalue weighted by Crippen LogP contribution is -2.58. The van der Waals surface area contributed by atoms with Crippen molar-refractivity contribution in [1.82, 2.24) is 14.9 Å². The average Bonchev–Trinajstić information content (AvgIpc) is 2.25. The van der Waals surface area contributed by atoms with Gasteiger partial charge >= 0.3 is 0 Å². The molecular weight excluding hydrogens is 254 g/mol. The molecule has 18 heavy (non-hydrogen) atoms. The number of hydrogen-bond donors (Lipinski definition) is 2. The minimum Gasteiger partial charge on any atom is -0.340 e. The molecule has 6 nitrogen and oxygen atoms in total. The Morgan fingerprint density at radius 2 is 2.00 bits per heavy atom. The largest absolute Gasteiger partial charge is 0.340 e. The number of amides is 1. The van der Waals surface area contributed by atoms with Crippen molar-refractivity contribution >= 4 is 15.9 Å². The van der Waals surface area contributed by atoms with E-state index < -0.39 is 15.6 Å². The molecule has 0 bridgehead atoms. The van der Waals surface area contributed by atoms with Crippen molar-refractivity contribution in [2.75, 3.05) is 26.4 Å². The zero-order valence-corrected chi connectivity index (χ0v) is 12.3. The highest BCUT2D eigenvalue weighted by atomic mass is 32.2. The first-order valence-corrected chi connectivity index (χ1v) is 8.00. The summed E-state index contributed by atoms with van der Waals surface area (Å²) in [5.74, 6) is -0.173. The Bertz CT molecular complexity index is 406. The van der Waals surface area contributed by atoms with Gasteiger partial charge in [-0.25, -0.2) is 13.1 Å². The van der Waals surface area contributed by atoms with Gasteiger partial charge in [-0.05, 0) is 33.7 Å². The van der Waals surface area contributed by atoms with E-state index >= 15 is 0 Å². The summed E-state index contributed by atoms with van der Waals surface area (Å²) in [6.07, 6.45) is 3.04. The van der Waals surface area contributed by atoms with E-state index in [-0.39, 0.29) is 11.9 Å². The molecule has 0 aliphatic carbocycles. The number of nitrogens with zero attached hydrogens (tertiary/aromatic N) is 1. The summed E-state index contributed by atoms with van der Waals surface area (Å²) < 4.78 is 24.9. The summed E-state index contributed by atoms with van der Waals surface area (Å²) in [5, 5.41) is 3.16. The van der Waals surface area contributed by atoms with Gasteiger partial charge in [0.05, 0.1) is 6.26 Å². The second kappa shape index (κ2) is 5.54. The highest BCUT2D eigenvalue weighted by molar-refractivity contribution is 7.88. The summed E-state index contributed by atoms with van der Waals surface area (Å²) in [5.41, 5.74) is -1.09. The van der Waals surface area contributed by atoms with Crippen molar-refractivity contribution in [1.29, 1.82) is 0 Å². The van der Waals surface area contributed by atoms with Gasteiger partial charge in [-0.3, -0.25) is 4.79 Å². The predicted molar refractivity (Wildman–Crippen MR) is 70.7 cm³/mol. The molecule has 0 saturated carbocycles. The van der Waals surface area contributed by atoms with Crippen LogP contribution >= 0.6 is 0 Å². The molecule has 1 saturated heterocycles. The van der Waals surface area contributed by atoms with Crippen molar-refractivity contribution in [3.05, 3.63) is 0 Å². The van der Waals surface area contributed by atoms with Gasteiger partial charge in [0.2, 0.25) is 15.9 Å². The average molecular weight is 277 g/mol. The van der Waals surface area contributed by atoms with Gasteiger partial charge in [-0.15, -0.1) is 0 Å². The molecule has 1 atom stereocenters. The Hall–Kier alpha value is -0.660. The molecule has 0 spiro atoms. The summed E-state index contributed by atoms with van der Waals surface area (Å²) in [6.45, 7) is 4.51. The van der Waals surface area contributed by atoms with Gasteiger partial charge < -0.3 is 10.2 Å². The Morgan fingerprint density at radius 1 is 1.39 bits per heavy atom. The fourth-order valence-electron chi connectivity index (χ4n) is 2.30. The molecule has 1 unspecified atom stereocenters. The quantitative estimate of drug-likeness (QED) is 0.728. The van der Waals surface area contributed by atoms with Gasteiger partial charge in [-0.2, -0.15) is 0 Å². The van der Waals surface area contributed by atoms with E-state index in [1.165, 1.54) is 0 Å². The zero-order valence-electron chi connectivity index (χ0n) is 11.5. The van der Waals surface area contributed by atoms with Gasteiger partial charge in [0.15, 0.2) is 0 Å². The lowest BCUT2D eigenvalue weighted by Gasteiger charge is -2.37. The maximum atomic E-state index is 12.3. The molecule has 106 valence electrons. The van der Waals surface area contributed by atoms with Gasteiger partial charge in [0, 0.05) is 19.1 Å². The summed E-state index contributed by atoms with van der Waals surface area (Å²) in [7, 11) is -1.52. The standard InChI is InChI=1S/C11H23N3O3S/c1-11(2,13-18(4,16)17)10(15)14-7-5-6-9(8-14)12-3/h9,12-13H,5-8H2,1-4H3. The van der Waals surface area contributed by atoms with E-state index in [4.69, 9.17) is 0 Å². The van der Waals surface area contributed by atoms with Crippen molar-refractivity contribution in [3.8, 4) is 0 Å². The number of rotatable bonds is 4. The minimum absolute atomic E-state index is 0.173. The van der Waals surface area contributed by atoms with E-state index in [0.717, 1.165) is 19.1 Å². The zero-order chi connectivity index (χ0) is 14.0. The number of likely N-dealkylation sites (N-methyl/N-ethyl adjacent to an activating group) is 1. The third-order valence-corrected chi connectivity index (χ3v) is 3.97. The lowest BCUT2D eigenvalue weighted by atomic mass is 10.0. The van der Waals surface area contributed by atoms with Crippen LogP contribution in [0, 0.1) is 0 Å². The van der Waals surface area contributed by atoms with E-state index in [1.54, 1.807) is 18.7 Å². The van der Waals surface area contributed by atoms with Gasteiger partial charge in [0.1, 0.15) is 5.54 Å². The SMILES string of the molecule is CNC1CCCN(C(=O)C(C)(C)NS(C)(=O)=O)C1. The first-order valence-electron chi connectivity index (χ1n) is 6.11. The molecule has 1 aliphatic heterocycles. The smallest absolute Gasteiger partial charge is 0.243 e. The molecule has 1 heterocycles. The van der Waals surface area contributed by atoms with Crippen LogP contribution in [0.5, 0.6) is 0 Å².